The molecule has 1 atom stereocenters. The fourth-order valence-electron chi connectivity index (χ4n) is 1.89. The maximum atomic E-state index is 9.68. The molecule has 2 N–H and O–H groups in total. The molecule has 0 saturated heterocycles. The molecule has 0 aliphatic heterocycles. The number of nitrogens with one attached hydrogen (secondary N) is 1. The van der Waals surface area contributed by atoms with E-state index in [1.165, 1.54) is 0 Å². The quantitative estimate of drug-likeness (QED) is 0.761. The Morgan fingerprint density at radius 2 is 1.94 bits per heavy atom. The number of hydrogen-bond donors (Lipinski definition) is 2. The molecule has 0 amide bonds. The SMILES string of the molecule is CNC(CO)(CCOC(C)C)c1ccccc1. The summed E-state index contributed by atoms with van der Waals surface area (Å²) < 4.78 is 5.57. The largest absolute Gasteiger partial charge is 0.394 e. The van der Waals surface area contributed by atoms with E-state index in [0.29, 0.717) is 6.61 Å². The Morgan fingerprint density at radius 1 is 1.29 bits per heavy atom. The minimum atomic E-state index is -0.407. The molecular weight excluding hydrogens is 214 g/mol. The molecule has 0 heterocycles. The van der Waals surface area contributed by atoms with Crippen LogP contribution < -0.4 is 5.32 Å². The molecule has 0 radical (unpaired) electrons. The molecule has 3 heteroatoms. The van der Waals surface area contributed by atoms with Crippen molar-refractivity contribution in [2.75, 3.05) is 20.3 Å². The maximum absolute atomic E-state index is 9.68. The number of rotatable bonds is 7. The molecule has 0 aliphatic carbocycles. The van der Waals surface area contributed by atoms with Gasteiger partial charge in [0.05, 0.1) is 18.2 Å². The molecule has 17 heavy (non-hydrogen) atoms. The minimum Gasteiger partial charge on any atom is -0.394 e. The molecule has 0 saturated carbocycles. The van der Waals surface area contributed by atoms with Gasteiger partial charge in [-0.15, -0.1) is 0 Å². The summed E-state index contributed by atoms with van der Waals surface area (Å²) in [6.07, 6.45) is 0.973. The zero-order valence-electron chi connectivity index (χ0n) is 10.9. The van der Waals surface area contributed by atoms with Crippen molar-refractivity contribution in [3.8, 4) is 0 Å². The third kappa shape index (κ3) is 3.80. The van der Waals surface area contributed by atoms with E-state index < -0.39 is 5.54 Å². The number of likely N-dealkylation sites (N-methyl/N-ethyl adjacent to an activating group) is 1. The Labute approximate surface area is 104 Å². The summed E-state index contributed by atoms with van der Waals surface area (Å²) in [5, 5.41) is 12.9. The van der Waals surface area contributed by atoms with E-state index in [1.807, 2.05) is 51.2 Å². The van der Waals surface area contributed by atoms with E-state index in [-0.39, 0.29) is 12.7 Å². The lowest BCUT2D eigenvalue weighted by molar-refractivity contribution is 0.0469. The summed E-state index contributed by atoms with van der Waals surface area (Å²) in [6, 6.07) is 10.0. The predicted molar refractivity (Wildman–Crippen MR) is 70.0 cm³/mol. The van der Waals surface area contributed by atoms with Crippen molar-refractivity contribution < 1.29 is 9.84 Å². The van der Waals surface area contributed by atoms with Crippen LogP contribution in [0.5, 0.6) is 0 Å². The highest BCUT2D eigenvalue weighted by Crippen LogP contribution is 2.24. The van der Waals surface area contributed by atoms with Gasteiger partial charge in [0.2, 0.25) is 0 Å². The Balaban J connectivity index is 2.75. The molecule has 1 aromatic rings. The fraction of sp³-hybridized carbons (Fsp3) is 0.571. The zero-order chi connectivity index (χ0) is 12.7. The molecule has 0 aromatic heterocycles. The number of hydrogen-bond acceptors (Lipinski definition) is 3. The molecule has 96 valence electrons. The van der Waals surface area contributed by atoms with Gasteiger partial charge in [-0.05, 0) is 32.9 Å². The average molecular weight is 237 g/mol. The van der Waals surface area contributed by atoms with Gasteiger partial charge in [-0.1, -0.05) is 30.3 Å². The molecule has 1 rings (SSSR count). The molecule has 0 bridgehead atoms. The fourth-order valence-corrected chi connectivity index (χ4v) is 1.89. The molecule has 3 nitrogen and oxygen atoms in total. The van der Waals surface area contributed by atoms with Crippen molar-refractivity contribution in [1.29, 1.82) is 0 Å². The first-order valence-electron chi connectivity index (χ1n) is 6.11. The second kappa shape index (κ2) is 6.74. The van der Waals surface area contributed by atoms with E-state index in [2.05, 4.69) is 5.32 Å². The van der Waals surface area contributed by atoms with Crippen molar-refractivity contribution in [3.63, 3.8) is 0 Å². The van der Waals surface area contributed by atoms with Gasteiger partial charge >= 0.3 is 0 Å². The van der Waals surface area contributed by atoms with Gasteiger partial charge in [0.15, 0.2) is 0 Å². The normalized spacial score (nSPS) is 14.9. The molecule has 0 aliphatic rings. The van der Waals surface area contributed by atoms with Gasteiger partial charge in [-0.2, -0.15) is 0 Å². The predicted octanol–water partition coefficient (Wildman–Crippen LogP) is 1.91. The van der Waals surface area contributed by atoms with Crippen LogP contribution in [0.1, 0.15) is 25.8 Å². The minimum absolute atomic E-state index is 0.0645. The van der Waals surface area contributed by atoms with Crippen molar-refractivity contribution in [2.24, 2.45) is 0 Å². The third-order valence-electron chi connectivity index (χ3n) is 3.05. The average Bonchev–Trinajstić information content (AvgIpc) is 2.36. The molecule has 0 spiro atoms. The lowest BCUT2D eigenvalue weighted by Gasteiger charge is -2.32. The monoisotopic (exact) mass is 237 g/mol. The number of benzene rings is 1. The summed E-state index contributed by atoms with van der Waals surface area (Å²) in [6.45, 7) is 4.73. The summed E-state index contributed by atoms with van der Waals surface area (Å²) >= 11 is 0. The van der Waals surface area contributed by atoms with E-state index in [1.54, 1.807) is 0 Å². The summed E-state index contributed by atoms with van der Waals surface area (Å²) in [5.41, 5.74) is 0.688. The Kier molecular flexibility index (Phi) is 5.62. The van der Waals surface area contributed by atoms with Gasteiger partial charge in [-0.25, -0.2) is 0 Å². The van der Waals surface area contributed by atoms with Crippen molar-refractivity contribution in [3.05, 3.63) is 35.9 Å². The highest BCUT2D eigenvalue weighted by atomic mass is 16.5. The van der Waals surface area contributed by atoms with Gasteiger partial charge in [0.1, 0.15) is 0 Å². The highest BCUT2D eigenvalue weighted by molar-refractivity contribution is 5.24. The van der Waals surface area contributed by atoms with Crippen molar-refractivity contribution in [1.82, 2.24) is 5.32 Å². The van der Waals surface area contributed by atoms with E-state index in [4.69, 9.17) is 4.74 Å². The van der Waals surface area contributed by atoms with Crippen LogP contribution in [0.3, 0.4) is 0 Å². The first-order chi connectivity index (χ1) is 8.14. The summed E-state index contributed by atoms with van der Waals surface area (Å²) in [7, 11) is 1.87. The first kappa shape index (κ1) is 14.2. The van der Waals surface area contributed by atoms with Crippen LogP contribution in [0.15, 0.2) is 30.3 Å². The maximum Gasteiger partial charge on any atom is 0.0688 e. The van der Waals surface area contributed by atoms with Crippen LogP contribution >= 0.6 is 0 Å². The Hall–Kier alpha value is -0.900. The van der Waals surface area contributed by atoms with E-state index >= 15 is 0 Å². The lowest BCUT2D eigenvalue weighted by Crippen LogP contribution is -2.44. The molecule has 1 aromatic carbocycles. The van der Waals surface area contributed by atoms with Gasteiger partial charge in [0, 0.05) is 6.61 Å². The summed E-state index contributed by atoms with van der Waals surface area (Å²) in [4.78, 5) is 0. The van der Waals surface area contributed by atoms with Crippen LogP contribution in [-0.4, -0.2) is 31.5 Å². The molecule has 1 unspecified atom stereocenters. The summed E-state index contributed by atoms with van der Waals surface area (Å²) in [5.74, 6) is 0. The number of ether oxygens (including phenoxy) is 1. The standard InChI is InChI=1S/C14H23NO2/c1-12(2)17-10-9-14(11-16,15-3)13-7-5-4-6-8-13/h4-8,12,15-16H,9-11H2,1-3H3. The van der Waals surface area contributed by atoms with E-state index in [0.717, 1.165) is 12.0 Å². The van der Waals surface area contributed by atoms with E-state index in [9.17, 15) is 5.11 Å². The number of aliphatic hydroxyl groups excluding tert-OH is 1. The van der Waals surface area contributed by atoms with Crippen molar-refractivity contribution >= 4 is 0 Å². The first-order valence-corrected chi connectivity index (χ1v) is 6.11. The zero-order valence-corrected chi connectivity index (χ0v) is 10.9. The van der Waals surface area contributed by atoms with Gasteiger partial charge < -0.3 is 15.2 Å². The molecule has 0 fully saturated rings. The van der Waals surface area contributed by atoms with Crippen molar-refractivity contribution in [2.45, 2.75) is 31.9 Å². The Morgan fingerprint density at radius 3 is 2.41 bits per heavy atom. The van der Waals surface area contributed by atoms with Crippen LogP contribution in [0.4, 0.5) is 0 Å². The highest BCUT2D eigenvalue weighted by Gasteiger charge is 2.29. The lowest BCUT2D eigenvalue weighted by atomic mass is 9.88. The van der Waals surface area contributed by atoms with Gasteiger partial charge in [0.25, 0.3) is 0 Å². The molecular formula is C14H23NO2. The van der Waals surface area contributed by atoms with Crippen LogP contribution in [0.25, 0.3) is 0 Å². The van der Waals surface area contributed by atoms with Crippen LogP contribution in [0, 0.1) is 0 Å². The van der Waals surface area contributed by atoms with Gasteiger partial charge in [-0.3, -0.25) is 0 Å². The smallest absolute Gasteiger partial charge is 0.0688 e. The van der Waals surface area contributed by atoms with Crippen LogP contribution in [0.2, 0.25) is 0 Å². The second-order valence-electron chi connectivity index (χ2n) is 4.53. The van der Waals surface area contributed by atoms with Crippen LogP contribution in [-0.2, 0) is 10.3 Å². The third-order valence-corrected chi connectivity index (χ3v) is 3.05. The second-order valence-corrected chi connectivity index (χ2v) is 4.53. The Bertz CT molecular complexity index is 307. The topological polar surface area (TPSA) is 41.5 Å². The number of aliphatic hydroxyl groups is 1.